The van der Waals surface area contributed by atoms with Gasteiger partial charge in [0, 0.05) is 25.1 Å². The van der Waals surface area contributed by atoms with Crippen LogP contribution < -0.4 is 11.1 Å². The van der Waals surface area contributed by atoms with E-state index in [4.69, 9.17) is 15.6 Å². The second kappa shape index (κ2) is 6.12. The van der Waals surface area contributed by atoms with Gasteiger partial charge < -0.3 is 20.9 Å². The van der Waals surface area contributed by atoms with E-state index in [1.165, 1.54) is 11.3 Å². The summed E-state index contributed by atoms with van der Waals surface area (Å²) in [5.74, 6) is -0.462. The topological polar surface area (TPSA) is 97.5 Å². The Morgan fingerprint density at radius 1 is 1.67 bits per heavy atom. The molecule has 0 amide bonds. The first-order valence-corrected chi connectivity index (χ1v) is 6.80. The van der Waals surface area contributed by atoms with Crippen LogP contribution >= 0.6 is 11.3 Å². The maximum atomic E-state index is 10.7. The first-order valence-electron chi connectivity index (χ1n) is 5.92. The molecule has 0 aromatic carbocycles. The minimum atomic E-state index is -1.06. The number of nitrogens with two attached hydrogens (primary N) is 1. The van der Waals surface area contributed by atoms with E-state index in [1.807, 2.05) is 0 Å². The standard InChI is InChI=1S/C11H17N3O3S/c12-9(10(15)16)8-6-18-11(14-8)13-5-7-1-3-17-4-2-7/h6-7,9H,1-5,12H2,(H,13,14)(H,15,16). The third kappa shape index (κ3) is 3.41. The zero-order chi connectivity index (χ0) is 13.0. The van der Waals surface area contributed by atoms with Crippen LogP contribution in [-0.2, 0) is 9.53 Å². The summed E-state index contributed by atoms with van der Waals surface area (Å²) >= 11 is 1.39. The Labute approximate surface area is 109 Å². The molecule has 0 bridgehead atoms. The molecular formula is C11H17N3O3S. The summed E-state index contributed by atoms with van der Waals surface area (Å²) < 4.78 is 5.29. The summed E-state index contributed by atoms with van der Waals surface area (Å²) in [5, 5.41) is 14.4. The van der Waals surface area contributed by atoms with E-state index in [2.05, 4.69) is 10.3 Å². The summed E-state index contributed by atoms with van der Waals surface area (Å²) in [5.41, 5.74) is 5.90. The van der Waals surface area contributed by atoms with Gasteiger partial charge >= 0.3 is 5.97 Å². The van der Waals surface area contributed by atoms with E-state index < -0.39 is 12.0 Å². The van der Waals surface area contributed by atoms with E-state index in [1.54, 1.807) is 5.38 Å². The van der Waals surface area contributed by atoms with Crippen molar-refractivity contribution in [1.29, 1.82) is 0 Å². The Morgan fingerprint density at radius 3 is 3.06 bits per heavy atom. The first-order chi connectivity index (χ1) is 8.66. The second-order valence-electron chi connectivity index (χ2n) is 4.33. The number of nitrogens with zero attached hydrogens (tertiary/aromatic N) is 1. The molecule has 100 valence electrons. The Bertz CT molecular complexity index is 404. The number of ether oxygens (including phenoxy) is 1. The molecule has 18 heavy (non-hydrogen) atoms. The monoisotopic (exact) mass is 271 g/mol. The second-order valence-corrected chi connectivity index (χ2v) is 5.19. The van der Waals surface area contributed by atoms with Gasteiger partial charge in [-0.1, -0.05) is 0 Å². The number of nitrogens with one attached hydrogen (secondary N) is 1. The lowest BCUT2D eigenvalue weighted by atomic mass is 10.0. The molecule has 1 atom stereocenters. The highest BCUT2D eigenvalue weighted by molar-refractivity contribution is 7.13. The van der Waals surface area contributed by atoms with Gasteiger partial charge in [-0.05, 0) is 18.8 Å². The van der Waals surface area contributed by atoms with Gasteiger partial charge in [-0.3, -0.25) is 4.79 Å². The van der Waals surface area contributed by atoms with Crippen molar-refractivity contribution >= 4 is 22.4 Å². The Kier molecular flexibility index (Phi) is 4.51. The lowest BCUT2D eigenvalue weighted by Gasteiger charge is -2.21. The fourth-order valence-electron chi connectivity index (χ4n) is 1.82. The SMILES string of the molecule is NC(C(=O)O)c1csc(NCC2CCOCC2)n1. The quantitative estimate of drug-likeness (QED) is 0.741. The van der Waals surface area contributed by atoms with Crippen molar-refractivity contribution in [3.05, 3.63) is 11.1 Å². The minimum absolute atomic E-state index is 0.405. The third-order valence-electron chi connectivity index (χ3n) is 2.99. The molecule has 2 heterocycles. The van der Waals surface area contributed by atoms with Crippen LogP contribution in [0.2, 0.25) is 0 Å². The van der Waals surface area contributed by atoms with Crippen molar-refractivity contribution in [2.45, 2.75) is 18.9 Å². The molecule has 0 saturated carbocycles. The van der Waals surface area contributed by atoms with E-state index in [0.717, 1.165) is 37.7 Å². The summed E-state index contributed by atoms with van der Waals surface area (Å²) in [6.45, 7) is 2.48. The molecule has 1 aliphatic rings. The number of rotatable bonds is 5. The first kappa shape index (κ1) is 13.3. The molecule has 1 aliphatic heterocycles. The number of thiazole rings is 1. The van der Waals surface area contributed by atoms with E-state index in [0.29, 0.717) is 11.6 Å². The van der Waals surface area contributed by atoms with Crippen LogP contribution in [0.1, 0.15) is 24.6 Å². The number of aromatic nitrogens is 1. The van der Waals surface area contributed by atoms with Crippen LogP contribution in [0.3, 0.4) is 0 Å². The normalized spacial score (nSPS) is 18.5. The van der Waals surface area contributed by atoms with Crippen LogP contribution in [0.4, 0.5) is 5.13 Å². The fraction of sp³-hybridized carbons (Fsp3) is 0.636. The van der Waals surface area contributed by atoms with Crippen LogP contribution in [0.5, 0.6) is 0 Å². The van der Waals surface area contributed by atoms with E-state index >= 15 is 0 Å². The van der Waals surface area contributed by atoms with Gasteiger partial charge in [-0.25, -0.2) is 4.98 Å². The van der Waals surface area contributed by atoms with Crippen molar-refractivity contribution < 1.29 is 14.6 Å². The fourth-order valence-corrected chi connectivity index (χ4v) is 2.58. The molecule has 0 aliphatic carbocycles. The zero-order valence-electron chi connectivity index (χ0n) is 9.96. The molecule has 6 nitrogen and oxygen atoms in total. The molecule has 7 heteroatoms. The highest BCUT2D eigenvalue weighted by atomic mass is 32.1. The Hall–Kier alpha value is -1.18. The predicted octanol–water partition coefficient (Wildman–Crippen LogP) is 1.07. The number of carbonyl (C=O) groups is 1. The number of hydrogen-bond donors (Lipinski definition) is 3. The number of carboxylic acids is 1. The van der Waals surface area contributed by atoms with Crippen molar-refractivity contribution in [1.82, 2.24) is 4.98 Å². The number of carboxylic acid groups (broad SMARTS) is 1. The summed E-state index contributed by atoms with van der Waals surface area (Å²) in [7, 11) is 0. The largest absolute Gasteiger partial charge is 0.480 e. The number of aliphatic carboxylic acids is 1. The number of hydrogen-bond acceptors (Lipinski definition) is 6. The van der Waals surface area contributed by atoms with E-state index in [-0.39, 0.29) is 0 Å². The molecule has 1 aromatic rings. The van der Waals surface area contributed by atoms with Crippen molar-refractivity contribution in [2.24, 2.45) is 11.7 Å². The van der Waals surface area contributed by atoms with Gasteiger partial charge in [-0.15, -0.1) is 11.3 Å². The van der Waals surface area contributed by atoms with Crippen molar-refractivity contribution in [3.8, 4) is 0 Å². The lowest BCUT2D eigenvalue weighted by molar-refractivity contribution is -0.138. The van der Waals surface area contributed by atoms with E-state index in [9.17, 15) is 4.79 Å². The zero-order valence-corrected chi connectivity index (χ0v) is 10.8. The molecule has 0 radical (unpaired) electrons. The van der Waals surface area contributed by atoms with Gasteiger partial charge in [0.05, 0.1) is 5.69 Å². The highest BCUT2D eigenvalue weighted by Crippen LogP contribution is 2.21. The third-order valence-corrected chi connectivity index (χ3v) is 3.81. The molecule has 0 spiro atoms. The molecule has 1 unspecified atom stereocenters. The average molecular weight is 271 g/mol. The maximum Gasteiger partial charge on any atom is 0.326 e. The summed E-state index contributed by atoms with van der Waals surface area (Å²) in [6, 6.07) is -1.04. The minimum Gasteiger partial charge on any atom is -0.480 e. The average Bonchev–Trinajstić information content (AvgIpc) is 2.85. The van der Waals surface area contributed by atoms with Crippen LogP contribution in [0.25, 0.3) is 0 Å². The van der Waals surface area contributed by atoms with Crippen molar-refractivity contribution in [2.75, 3.05) is 25.1 Å². The van der Waals surface area contributed by atoms with Gasteiger partial charge in [-0.2, -0.15) is 0 Å². The molecule has 1 fully saturated rings. The number of anilines is 1. The highest BCUT2D eigenvalue weighted by Gasteiger charge is 2.18. The molecule has 2 rings (SSSR count). The lowest BCUT2D eigenvalue weighted by Crippen LogP contribution is -2.23. The van der Waals surface area contributed by atoms with Gasteiger partial charge in [0.2, 0.25) is 0 Å². The van der Waals surface area contributed by atoms with Crippen molar-refractivity contribution in [3.63, 3.8) is 0 Å². The van der Waals surface area contributed by atoms with Gasteiger partial charge in [0.25, 0.3) is 0 Å². The summed E-state index contributed by atoms with van der Waals surface area (Å²) in [4.78, 5) is 14.9. The smallest absolute Gasteiger partial charge is 0.326 e. The molecule has 1 aromatic heterocycles. The maximum absolute atomic E-state index is 10.7. The predicted molar refractivity (Wildman–Crippen MR) is 68.7 cm³/mol. The summed E-state index contributed by atoms with van der Waals surface area (Å²) in [6.07, 6.45) is 2.11. The molecule has 1 saturated heterocycles. The van der Waals surface area contributed by atoms with Gasteiger partial charge in [0.1, 0.15) is 6.04 Å². The van der Waals surface area contributed by atoms with Crippen LogP contribution in [-0.4, -0.2) is 35.8 Å². The van der Waals surface area contributed by atoms with Crippen LogP contribution in [0, 0.1) is 5.92 Å². The Balaban J connectivity index is 1.84. The van der Waals surface area contributed by atoms with Crippen LogP contribution in [0.15, 0.2) is 5.38 Å². The molecular weight excluding hydrogens is 254 g/mol. The Morgan fingerprint density at radius 2 is 2.39 bits per heavy atom. The van der Waals surface area contributed by atoms with Gasteiger partial charge in [0.15, 0.2) is 5.13 Å². The molecule has 4 N–H and O–H groups in total.